The maximum absolute atomic E-state index is 5.99. The molecule has 0 saturated carbocycles. The van der Waals surface area contributed by atoms with Gasteiger partial charge in [0.05, 0.1) is 5.02 Å². The van der Waals surface area contributed by atoms with E-state index in [4.69, 9.17) is 21.9 Å². The molecule has 2 aromatic rings. The molecule has 0 amide bonds. The molecule has 1 unspecified atom stereocenters. The first-order chi connectivity index (χ1) is 8.97. The summed E-state index contributed by atoms with van der Waals surface area (Å²) in [7, 11) is 0. The van der Waals surface area contributed by atoms with E-state index in [9.17, 15) is 0 Å². The number of nitrogens with two attached hydrogens (primary N) is 1. The van der Waals surface area contributed by atoms with Crippen LogP contribution in [-0.4, -0.2) is 16.2 Å². The molecule has 0 aliphatic heterocycles. The van der Waals surface area contributed by atoms with E-state index in [1.807, 2.05) is 12.1 Å². The van der Waals surface area contributed by atoms with Crippen molar-refractivity contribution in [3.63, 3.8) is 0 Å². The SMILES string of the molecule is CC(C)C(N)Cc1nc(-c2ccc(Cl)c(Br)c2)no1. The molecule has 102 valence electrons. The molecule has 0 aliphatic carbocycles. The third-order valence-electron chi connectivity index (χ3n) is 2.91. The smallest absolute Gasteiger partial charge is 0.228 e. The monoisotopic (exact) mass is 343 g/mol. The molecule has 0 bridgehead atoms. The summed E-state index contributed by atoms with van der Waals surface area (Å²) in [6, 6.07) is 5.52. The van der Waals surface area contributed by atoms with Gasteiger partial charge in [-0.2, -0.15) is 4.98 Å². The van der Waals surface area contributed by atoms with Crippen molar-refractivity contribution in [2.45, 2.75) is 26.3 Å². The van der Waals surface area contributed by atoms with Gasteiger partial charge in [0, 0.05) is 22.5 Å². The van der Waals surface area contributed by atoms with Crippen LogP contribution < -0.4 is 5.73 Å². The predicted octanol–water partition coefficient (Wildman–Crippen LogP) is 3.68. The molecule has 1 aromatic carbocycles. The Labute approximate surface area is 125 Å². The standard InChI is InChI=1S/C13H15BrClN3O/c1-7(2)11(16)6-12-17-13(18-19-12)8-3-4-10(15)9(14)5-8/h3-5,7,11H,6,16H2,1-2H3. The molecule has 1 heterocycles. The van der Waals surface area contributed by atoms with Gasteiger partial charge in [-0.05, 0) is 40.0 Å². The van der Waals surface area contributed by atoms with Gasteiger partial charge in [0.25, 0.3) is 0 Å². The molecule has 0 radical (unpaired) electrons. The Bertz CT molecular complexity index is 571. The average molecular weight is 345 g/mol. The zero-order valence-corrected chi connectivity index (χ0v) is 13.1. The maximum Gasteiger partial charge on any atom is 0.228 e. The summed E-state index contributed by atoms with van der Waals surface area (Å²) in [5.74, 6) is 1.48. The zero-order valence-electron chi connectivity index (χ0n) is 10.7. The Hall–Kier alpha value is -0.910. The van der Waals surface area contributed by atoms with Gasteiger partial charge in [0.1, 0.15) is 0 Å². The van der Waals surface area contributed by atoms with E-state index in [2.05, 4.69) is 39.9 Å². The molecule has 0 fully saturated rings. The van der Waals surface area contributed by atoms with E-state index in [0.717, 1.165) is 10.0 Å². The van der Waals surface area contributed by atoms with Crippen LogP contribution in [0.2, 0.25) is 5.02 Å². The van der Waals surface area contributed by atoms with Gasteiger partial charge < -0.3 is 10.3 Å². The first-order valence-corrected chi connectivity index (χ1v) is 7.18. The lowest BCUT2D eigenvalue weighted by Crippen LogP contribution is -2.28. The summed E-state index contributed by atoms with van der Waals surface area (Å²) in [5, 5.41) is 4.61. The molecular weight excluding hydrogens is 330 g/mol. The van der Waals surface area contributed by atoms with Gasteiger partial charge in [0.15, 0.2) is 0 Å². The highest BCUT2D eigenvalue weighted by Gasteiger charge is 2.15. The van der Waals surface area contributed by atoms with Crippen LogP contribution in [-0.2, 0) is 6.42 Å². The third-order valence-corrected chi connectivity index (χ3v) is 4.13. The highest BCUT2D eigenvalue weighted by Crippen LogP contribution is 2.27. The van der Waals surface area contributed by atoms with Crippen LogP contribution in [0.25, 0.3) is 11.4 Å². The van der Waals surface area contributed by atoms with Crippen LogP contribution in [0.4, 0.5) is 0 Å². The summed E-state index contributed by atoms with van der Waals surface area (Å²) >= 11 is 9.32. The minimum absolute atomic E-state index is 0.0188. The van der Waals surface area contributed by atoms with Gasteiger partial charge in [-0.15, -0.1) is 0 Å². The summed E-state index contributed by atoms with van der Waals surface area (Å²) in [6.45, 7) is 4.14. The van der Waals surface area contributed by atoms with Crippen molar-refractivity contribution in [2.24, 2.45) is 11.7 Å². The van der Waals surface area contributed by atoms with Crippen molar-refractivity contribution in [3.05, 3.63) is 33.6 Å². The first-order valence-electron chi connectivity index (χ1n) is 6.01. The van der Waals surface area contributed by atoms with Crippen LogP contribution in [0.3, 0.4) is 0 Å². The van der Waals surface area contributed by atoms with Crippen LogP contribution in [0, 0.1) is 5.92 Å². The third kappa shape index (κ3) is 3.55. The van der Waals surface area contributed by atoms with E-state index in [-0.39, 0.29) is 6.04 Å². The lowest BCUT2D eigenvalue weighted by molar-refractivity contribution is 0.353. The molecule has 19 heavy (non-hydrogen) atoms. The number of benzene rings is 1. The van der Waals surface area contributed by atoms with Crippen molar-refractivity contribution in [2.75, 3.05) is 0 Å². The molecule has 2 rings (SSSR count). The second-order valence-electron chi connectivity index (χ2n) is 4.75. The van der Waals surface area contributed by atoms with E-state index < -0.39 is 0 Å². The largest absolute Gasteiger partial charge is 0.339 e. The van der Waals surface area contributed by atoms with E-state index >= 15 is 0 Å². The van der Waals surface area contributed by atoms with Crippen molar-refractivity contribution in [1.29, 1.82) is 0 Å². The molecule has 1 atom stereocenters. The van der Waals surface area contributed by atoms with Crippen LogP contribution in [0.5, 0.6) is 0 Å². The summed E-state index contributed by atoms with van der Waals surface area (Å²) < 4.78 is 6.02. The molecule has 0 saturated heterocycles. The molecule has 0 spiro atoms. The van der Waals surface area contributed by atoms with Gasteiger partial charge in [-0.3, -0.25) is 0 Å². The fourth-order valence-electron chi connectivity index (χ4n) is 1.53. The molecule has 2 N–H and O–H groups in total. The molecule has 4 nitrogen and oxygen atoms in total. The highest BCUT2D eigenvalue weighted by molar-refractivity contribution is 9.10. The Morgan fingerprint density at radius 3 is 2.79 bits per heavy atom. The summed E-state index contributed by atoms with van der Waals surface area (Å²) in [6.07, 6.45) is 0.583. The fourth-order valence-corrected chi connectivity index (χ4v) is 2.02. The van der Waals surface area contributed by atoms with Gasteiger partial charge in [-0.25, -0.2) is 0 Å². The minimum atomic E-state index is 0.0188. The first kappa shape index (κ1) is 14.5. The number of nitrogens with zero attached hydrogens (tertiary/aromatic N) is 2. The van der Waals surface area contributed by atoms with Crippen molar-refractivity contribution >= 4 is 27.5 Å². The van der Waals surface area contributed by atoms with Crippen molar-refractivity contribution in [3.8, 4) is 11.4 Å². The van der Waals surface area contributed by atoms with E-state index in [1.54, 1.807) is 6.07 Å². The zero-order chi connectivity index (χ0) is 14.0. The minimum Gasteiger partial charge on any atom is -0.339 e. The lowest BCUT2D eigenvalue weighted by atomic mass is 10.0. The van der Waals surface area contributed by atoms with Crippen molar-refractivity contribution < 1.29 is 4.52 Å². The number of hydrogen-bond acceptors (Lipinski definition) is 4. The van der Waals surface area contributed by atoms with Gasteiger partial charge in [-0.1, -0.05) is 30.6 Å². The Balaban J connectivity index is 2.18. The van der Waals surface area contributed by atoms with Crippen LogP contribution >= 0.6 is 27.5 Å². The maximum atomic E-state index is 5.99. The molecule has 1 aromatic heterocycles. The molecule has 6 heteroatoms. The number of hydrogen-bond donors (Lipinski definition) is 1. The Morgan fingerprint density at radius 1 is 1.42 bits per heavy atom. The molecule has 0 aliphatic rings. The second-order valence-corrected chi connectivity index (χ2v) is 6.01. The Kier molecular flexibility index (Phi) is 4.60. The molecular formula is C13H15BrClN3O. The number of rotatable bonds is 4. The van der Waals surface area contributed by atoms with E-state index in [1.165, 1.54) is 0 Å². The normalized spacial score (nSPS) is 12.9. The fraction of sp³-hybridized carbons (Fsp3) is 0.385. The van der Waals surface area contributed by atoms with Crippen molar-refractivity contribution in [1.82, 2.24) is 10.1 Å². The topological polar surface area (TPSA) is 64.9 Å². The Morgan fingerprint density at radius 2 is 2.16 bits per heavy atom. The predicted molar refractivity (Wildman–Crippen MR) is 79.0 cm³/mol. The quantitative estimate of drug-likeness (QED) is 0.919. The van der Waals surface area contributed by atoms with Crippen LogP contribution in [0.1, 0.15) is 19.7 Å². The number of halogens is 2. The summed E-state index contributed by atoms with van der Waals surface area (Å²) in [4.78, 5) is 4.35. The van der Waals surface area contributed by atoms with E-state index in [0.29, 0.717) is 29.1 Å². The lowest BCUT2D eigenvalue weighted by Gasteiger charge is -2.11. The van der Waals surface area contributed by atoms with Crippen LogP contribution in [0.15, 0.2) is 27.2 Å². The average Bonchev–Trinajstić information content (AvgIpc) is 2.81. The van der Waals surface area contributed by atoms with Gasteiger partial charge >= 0.3 is 0 Å². The number of aromatic nitrogens is 2. The highest BCUT2D eigenvalue weighted by atomic mass is 79.9. The second kappa shape index (κ2) is 6.03. The van der Waals surface area contributed by atoms with Gasteiger partial charge in [0.2, 0.25) is 11.7 Å². The summed E-state index contributed by atoms with van der Waals surface area (Å²) in [5.41, 5.74) is 6.84.